The quantitative estimate of drug-likeness (QED) is 0.605. The van der Waals surface area contributed by atoms with Crippen LogP contribution in [0.15, 0.2) is 22.7 Å². The number of carboxylic acid groups (broad SMARTS) is 1. The minimum Gasteiger partial charge on any atom is -0.493 e. The highest BCUT2D eigenvalue weighted by atomic mass is 16.6. The first-order valence-electron chi connectivity index (χ1n) is 6.74. The van der Waals surface area contributed by atoms with Gasteiger partial charge in [-0.25, -0.2) is 4.79 Å². The van der Waals surface area contributed by atoms with Gasteiger partial charge in [-0.1, -0.05) is 17.3 Å². The van der Waals surface area contributed by atoms with Crippen LogP contribution in [0.5, 0.6) is 11.5 Å². The summed E-state index contributed by atoms with van der Waals surface area (Å²) in [6.45, 7) is 0.911. The summed E-state index contributed by atoms with van der Waals surface area (Å²) in [6.07, 6.45) is 2.85. The number of aliphatic carboxylic acids is 1. The Morgan fingerprint density at radius 1 is 1.46 bits per heavy atom. The van der Waals surface area contributed by atoms with Crippen molar-refractivity contribution >= 4 is 23.8 Å². The van der Waals surface area contributed by atoms with E-state index in [1.165, 1.54) is 26.2 Å². The van der Waals surface area contributed by atoms with Crippen LogP contribution in [-0.2, 0) is 4.79 Å². The van der Waals surface area contributed by atoms with Crippen molar-refractivity contribution in [3.63, 3.8) is 0 Å². The molecule has 2 aromatic rings. The van der Waals surface area contributed by atoms with Crippen LogP contribution in [0.1, 0.15) is 17.0 Å². The zero-order valence-electron chi connectivity index (χ0n) is 12.9. The molecule has 1 heterocycles. The van der Waals surface area contributed by atoms with Crippen LogP contribution in [0.25, 0.3) is 12.2 Å². The number of aryl methyl sites for hydroxylation is 1. The number of aromatic nitrogens is 1. The summed E-state index contributed by atoms with van der Waals surface area (Å²) in [5.74, 6) is -0.624. The molecule has 0 unspecified atom stereocenters. The Labute approximate surface area is 136 Å². The Hall–Kier alpha value is -3.36. The van der Waals surface area contributed by atoms with Gasteiger partial charge in [0.05, 0.1) is 12.0 Å². The normalized spacial score (nSPS) is 10.8. The van der Waals surface area contributed by atoms with E-state index in [9.17, 15) is 14.9 Å². The van der Waals surface area contributed by atoms with Crippen LogP contribution in [0.4, 0.5) is 5.69 Å². The predicted octanol–water partition coefficient (Wildman–Crippen LogP) is 2.53. The topological polar surface area (TPSA) is 125 Å². The molecule has 9 heteroatoms. The second-order valence-corrected chi connectivity index (χ2v) is 4.63. The van der Waals surface area contributed by atoms with Crippen molar-refractivity contribution in [2.75, 3.05) is 13.7 Å². The lowest BCUT2D eigenvalue weighted by Gasteiger charge is -2.11. The van der Waals surface area contributed by atoms with Crippen molar-refractivity contribution < 1.29 is 28.8 Å². The molecule has 2 rings (SSSR count). The summed E-state index contributed by atoms with van der Waals surface area (Å²) in [4.78, 5) is 21.1. The zero-order valence-corrected chi connectivity index (χ0v) is 12.9. The SMILES string of the molecule is COc1cccc(C=Cc2onc(C)c2[N+](=O)[O-])c1OCC(=O)O. The molecule has 1 aromatic carbocycles. The first-order chi connectivity index (χ1) is 11.4. The Balaban J connectivity index is 2.38. The lowest BCUT2D eigenvalue weighted by molar-refractivity contribution is -0.386. The number of hydrogen-bond donors (Lipinski definition) is 1. The van der Waals surface area contributed by atoms with Crippen molar-refractivity contribution in [1.82, 2.24) is 5.16 Å². The van der Waals surface area contributed by atoms with Crippen molar-refractivity contribution in [1.29, 1.82) is 0 Å². The fourth-order valence-electron chi connectivity index (χ4n) is 1.99. The van der Waals surface area contributed by atoms with Gasteiger partial charge in [-0.05, 0) is 25.1 Å². The Kier molecular flexibility index (Phi) is 5.15. The van der Waals surface area contributed by atoms with Gasteiger partial charge in [-0.2, -0.15) is 0 Å². The van der Waals surface area contributed by atoms with Crippen LogP contribution in [0.3, 0.4) is 0 Å². The molecule has 0 radical (unpaired) electrons. The largest absolute Gasteiger partial charge is 0.493 e. The summed E-state index contributed by atoms with van der Waals surface area (Å²) in [5.41, 5.74) is 0.397. The molecular weight excluding hydrogens is 320 g/mol. The summed E-state index contributed by atoms with van der Waals surface area (Å²) in [7, 11) is 1.42. The molecule has 9 nitrogen and oxygen atoms in total. The highest BCUT2D eigenvalue weighted by molar-refractivity contribution is 5.76. The minimum atomic E-state index is -1.14. The molecule has 24 heavy (non-hydrogen) atoms. The maximum Gasteiger partial charge on any atom is 0.341 e. The predicted molar refractivity (Wildman–Crippen MR) is 82.9 cm³/mol. The van der Waals surface area contributed by atoms with E-state index in [0.717, 1.165) is 0 Å². The van der Waals surface area contributed by atoms with E-state index in [2.05, 4.69) is 5.16 Å². The van der Waals surface area contributed by atoms with Gasteiger partial charge in [0.2, 0.25) is 5.76 Å². The van der Waals surface area contributed by atoms with E-state index < -0.39 is 17.5 Å². The molecular formula is C15H14N2O7. The average Bonchev–Trinajstić information content (AvgIpc) is 2.91. The molecule has 0 saturated carbocycles. The van der Waals surface area contributed by atoms with Crippen LogP contribution in [-0.4, -0.2) is 34.9 Å². The molecule has 1 N–H and O–H groups in total. The highest BCUT2D eigenvalue weighted by Crippen LogP contribution is 2.33. The first kappa shape index (κ1) is 17.0. The smallest absolute Gasteiger partial charge is 0.341 e. The third-order valence-electron chi connectivity index (χ3n) is 3.02. The molecule has 0 aliphatic heterocycles. The van der Waals surface area contributed by atoms with E-state index in [0.29, 0.717) is 11.3 Å². The number of nitrogens with zero attached hydrogens (tertiary/aromatic N) is 2. The van der Waals surface area contributed by atoms with E-state index in [4.69, 9.17) is 19.1 Å². The number of carbonyl (C=O) groups is 1. The molecule has 0 aliphatic carbocycles. The van der Waals surface area contributed by atoms with E-state index >= 15 is 0 Å². The number of benzene rings is 1. The maximum atomic E-state index is 11.0. The average molecular weight is 334 g/mol. The van der Waals surface area contributed by atoms with Crippen LogP contribution >= 0.6 is 0 Å². The number of ether oxygens (including phenoxy) is 2. The second kappa shape index (κ2) is 7.27. The van der Waals surface area contributed by atoms with Crippen LogP contribution in [0.2, 0.25) is 0 Å². The summed E-state index contributed by atoms with van der Waals surface area (Å²) < 4.78 is 15.3. The van der Waals surface area contributed by atoms with Gasteiger partial charge in [0, 0.05) is 5.56 Å². The van der Waals surface area contributed by atoms with Crippen molar-refractivity contribution in [3.8, 4) is 11.5 Å². The third kappa shape index (κ3) is 3.69. The van der Waals surface area contributed by atoms with Gasteiger partial charge in [0.1, 0.15) is 0 Å². The van der Waals surface area contributed by atoms with Crippen molar-refractivity contribution in [3.05, 3.63) is 45.3 Å². The Morgan fingerprint density at radius 2 is 2.21 bits per heavy atom. The summed E-state index contributed by atoms with van der Waals surface area (Å²) >= 11 is 0. The number of nitro groups is 1. The monoisotopic (exact) mass is 334 g/mol. The molecule has 0 saturated heterocycles. The molecule has 0 aliphatic rings. The summed E-state index contributed by atoms with van der Waals surface area (Å²) in [6, 6.07) is 4.92. The molecule has 0 fully saturated rings. The Bertz CT molecular complexity index is 795. The van der Waals surface area contributed by atoms with Crippen molar-refractivity contribution in [2.24, 2.45) is 0 Å². The van der Waals surface area contributed by atoms with Gasteiger partial charge >= 0.3 is 11.7 Å². The zero-order chi connectivity index (χ0) is 17.7. The number of hydrogen-bond acceptors (Lipinski definition) is 7. The molecule has 0 spiro atoms. The molecule has 1 aromatic heterocycles. The lowest BCUT2D eigenvalue weighted by atomic mass is 10.1. The van der Waals surface area contributed by atoms with Gasteiger partial charge < -0.3 is 19.1 Å². The number of para-hydroxylation sites is 1. The van der Waals surface area contributed by atoms with Crippen LogP contribution in [0, 0.1) is 17.0 Å². The third-order valence-corrected chi connectivity index (χ3v) is 3.02. The molecule has 0 bridgehead atoms. The van der Waals surface area contributed by atoms with Gasteiger partial charge in [-0.3, -0.25) is 10.1 Å². The first-order valence-corrected chi connectivity index (χ1v) is 6.74. The highest BCUT2D eigenvalue weighted by Gasteiger charge is 2.22. The van der Waals surface area contributed by atoms with Gasteiger partial charge in [0.25, 0.3) is 0 Å². The second-order valence-electron chi connectivity index (χ2n) is 4.63. The molecule has 0 amide bonds. The molecule has 0 atom stereocenters. The van der Waals surface area contributed by atoms with Crippen LogP contribution < -0.4 is 9.47 Å². The standard InChI is InChI=1S/C15H14N2O7/c1-9-14(17(20)21)11(24-16-9)7-6-10-4-3-5-12(22-2)15(10)23-8-13(18)19/h3-7H,8H2,1-2H3,(H,18,19). The van der Waals surface area contributed by atoms with E-state index in [1.807, 2.05) is 0 Å². The number of rotatable bonds is 7. The number of carboxylic acids is 1. The van der Waals surface area contributed by atoms with Gasteiger partial charge in [0.15, 0.2) is 23.8 Å². The maximum absolute atomic E-state index is 11.0. The Morgan fingerprint density at radius 3 is 2.83 bits per heavy atom. The van der Waals surface area contributed by atoms with E-state index in [1.54, 1.807) is 18.2 Å². The van der Waals surface area contributed by atoms with Crippen molar-refractivity contribution in [2.45, 2.75) is 6.92 Å². The lowest BCUT2D eigenvalue weighted by Crippen LogP contribution is -2.10. The fraction of sp³-hybridized carbons (Fsp3) is 0.200. The van der Waals surface area contributed by atoms with Gasteiger partial charge in [-0.15, -0.1) is 0 Å². The van der Waals surface area contributed by atoms with E-state index in [-0.39, 0.29) is 22.9 Å². The fourth-order valence-corrected chi connectivity index (χ4v) is 1.99. The number of methoxy groups -OCH3 is 1. The molecule has 126 valence electrons. The summed E-state index contributed by atoms with van der Waals surface area (Å²) in [5, 5.41) is 23.3. The minimum absolute atomic E-state index is 0.0236.